The highest BCUT2D eigenvalue weighted by atomic mass is 16.3. The second kappa shape index (κ2) is 7.72. The van der Waals surface area contributed by atoms with Gasteiger partial charge < -0.3 is 15.7 Å². The van der Waals surface area contributed by atoms with E-state index in [0.29, 0.717) is 38.2 Å². The van der Waals surface area contributed by atoms with Gasteiger partial charge in [0.2, 0.25) is 11.8 Å². The number of nitrogens with zero attached hydrogens (tertiary/aromatic N) is 3. The average molecular weight is 360 g/mol. The van der Waals surface area contributed by atoms with Crippen molar-refractivity contribution in [1.82, 2.24) is 14.8 Å². The van der Waals surface area contributed by atoms with Crippen LogP contribution in [0, 0.1) is 12.8 Å². The smallest absolute Gasteiger partial charge is 0.231 e. The van der Waals surface area contributed by atoms with Crippen LogP contribution in [-0.4, -0.2) is 64.4 Å². The van der Waals surface area contributed by atoms with Gasteiger partial charge in [0.1, 0.15) is 5.60 Å². The number of aryl methyl sites for hydroxylation is 1. The summed E-state index contributed by atoms with van der Waals surface area (Å²) >= 11 is 0. The molecule has 0 aliphatic carbocycles. The molecule has 3 N–H and O–H groups in total. The highest BCUT2D eigenvalue weighted by molar-refractivity contribution is 5.80. The standard InChI is InChI=1S/C19H28N4O3/c1-14-4-5-16(21-11-14)19(26)6-9-23(10-7-19)18(25)15-3-2-8-22(12-15)13-17(20)24/h4-5,11,15,26H,2-3,6-10,12-13H2,1H3,(H2,20,24)/t15-/m0/s1. The van der Waals surface area contributed by atoms with E-state index < -0.39 is 5.60 Å². The Morgan fingerprint density at radius 3 is 2.65 bits per heavy atom. The Morgan fingerprint density at radius 2 is 2.04 bits per heavy atom. The molecular formula is C19H28N4O3. The zero-order valence-corrected chi connectivity index (χ0v) is 15.4. The molecule has 0 spiro atoms. The molecule has 26 heavy (non-hydrogen) atoms. The molecule has 7 nitrogen and oxygen atoms in total. The van der Waals surface area contributed by atoms with Gasteiger partial charge in [0, 0.05) is 25.8 Å². The molecule has 2 saturated heterocycles. The SMILES string of the molecule is Cc1ccc(C2(O)CCN(C(=O)[C@H]3CCCN(CC(N)=O)C3)CC2)nc1. The fraction of sp³-hybridized carbons (Fsp3) is 0.632. The molecule has 0 aromatic carbocycles. The molecule has 0 bridgehead atoms. The summed E-state index contributed by atoms with van der Waals surface area (Å²) in [7, 11) is 0. The van der Waals surface area contributed by atoms with Crippen molar-refractivity contribution < 1.29 is 14.7 Å². The Balaban J connectivity index is 1.58. The Morgan fingerprint density at radius 1 is 1.31 bits per heavy atom. The minimum Gasteiger partial charge on any atom is -0.383 e. The number of amides is 2. The number of nitrogens with two attached hydrogens (primary N) is 1. The van der Waals surface area contributed by atoms with Crippen LogP contribution in [0.4, 0.5) is 0 Å². The van der Waals surface area contributed by atoms with Gasteiger partial charge in [0.25, 0.3) is 0 Å². The normalized spacial score (nSPS) is 23.6. The topological polar surface area (TPSA) is 99.8 Å². The Labute approximate surface area is 154 Å². The minimum absolute atomic E-state index is 0.0909. The average Bonchev–Trinajstić information content (AvgIpc) is 2.62. The molecule has 1 atom stereocenters. The number of aliphatic hydroxyl groups is 1. The first-order valence-electron chi connectivity index (χ1n) is 9.32. The second-order valence-corrected chi connectivity index (χ2v) is 7.62. The van der Waals surface area contributed by atoms with E-state index in [0.717, 1.165) is 24.9 Å². The molecule has 0 unspecified atom stereocenters. The maximum absolute atomic E-state index is 12.9. The number of aromatic nitrogens is 1. The molecule has 1 aromatic heterocycles. The number of hydrogen-bond acceptors (Lipinski definition) is 5. The molecule has 0 radical (unpaired) electrons. The van der Waals surface area contributed by atoms with Crippen LogP contribution in [0.3, 0.4) is 0 Å². The molecule has 0 saturated carbocycles. The summed E-state index contributed by atoms with van der Waals surface area (Å²) in [5.74, 6) is -0.323. The largest absolute Gasteiger partial charge is 0.383 e. The Hall–Kier alpha value is -1.99. The molecule has 7 heteroatoms. The van der Waals surface area contributed by atoms with Gasteiger partial charge in [-0.15, -0.1) is 0 Å². The summed E-state index contributed by atoms with van der Waals surface area (Å²) in [6.45, 7) is 4.62. The van der Waals surface area contributed by atoms with Gasteiger partial charge in [-0.1, -0.05) is 6.07 Å². The maximum atomic E-state index is 12.9. The van der Waals surface area contributed by atoms with Gasteiger partial charge in [-0.25, -0.2) is 0 Å². The quantitative estimate of drug-likeness (QED) is 0.809. The van der Waals surface area contributed by atoms with Crippen LogP contribution in [0.5, 0.6) is 0 Å². The van der Waals surface area contributed by atoms with Crippen molar-refractivity contribution in [3.8, 4) is 0 Å². The van der Waals surface area contributed by atoms with E-state index in [-0.39, 0.29) is 24.3 Å². The lowest BCUT2D eigenvalue weighted by Crippen LogP contribution is -2.51. The summed E-state index contributed by atoms with van der Waals surface area (Å²) in [5, 5.41) is 10.9. The predicted octanol–water partition coefficient (Wildman–Crippen LogP) is 0.397. The number of carbonyl (C=O) groups is 2. The van der Waals surface area contributed by atoms with Crippen molar-refractivity contribution in [1.29, 1.82) is 0 Å². The van der Waals surface area contributed by atoms with Crippen molar-refractivity contribution >= 4 is 11.8 Å². The third kappa shape index (κ3) is 4.22. The molecule has 142 valence electrons. The van der Waals surface area contributed by atoms with Crippen LogP contribution in [0.25, 0.3) is 0 Å². The highest BCUT2D eigenvalue weighted by Crippen LogP contribution is 2.32. The van der Waals surface area contributed by atoms with Gasteiger partial charge in [-0.05, 0) is 50.8 Å². The number of piperidine rings is 2. The summed E-state index contributed by atoms with van der Waals surface area (Å²) in [5.41, 5.74) is 6.05. The van der Waals surface area contributed by atoms with E-state index in [4.69, 9.17) is 5.73 Å². The first-order chi connectivity index (χ1) is 12.4. The molecule has 2 amide bonds. The van der Waals surface area contributed by atoms with E-state index in [9.17, 15) is 14.7 Å². The van der Waals surface area contributed by atoms with Crippen LogP contribution < -0.4 is 5.73 Å². The van der Waals surface area contributed by atoms with Crippen LogP contribution >= 0.6 is 0 Å². The van der Waals surface area contributed by atoms with E-state index in [1.807, 2.05) is 28.9 Å². The molecule has 2 fully saturated rings. The molecular weight excluding hydrogens is 332 g/mol. The van der Waals surface area contributed by atoms with Crippen molar-refractivity contribution in [2.75, 3.05) is 32.7 Å². The number of carbonyl (C=O) groups excluding carboxylic acids is 2. The highest BCUT2D eigenvalue weighted by Gasteiger charge is 2.38. The Bertz CT molecular complexity index is 653. The van der Waals surface area contributed by atoms with Gasteiger partial charge in [0.05, 0.1) is 18.2 Å². The number of hydrogen-bond donors (Lipinski definition) is 2. The van der Waals surface area contributed by atoms with Gasteiger partial charge in [-0.2, -0.15) is 0 Å². The van der Waals surface area contributed by atoms with Crippen LogP contribution in [0.1, 0.15) is 36.9 Å². The number of primary amides is 1. The van der Waals surface area contributed by atoms with Crippen LogP contribution in [-0.2, 0) is 15.2 Å². The Kier molecular flexibility index (Phi) is 5.58. The second-order valence-electron chi connectivity index (χ2n) is 7.62. The third-order valence-electron chi connectivity index (χ3n) is 5.52. The first kappa shape index (κ1) is 18.8. The predicted molar refractivity (Wildman–Crippen MR) is 97.0 cm³/mol. The monoisotopic (exact) mass is 360 g/mol. The maximum Gasteiger partial charge on any atom is 0.231 e. The van der Waals surface area contributed by atoms with Gasteiger partial charge >= 0.3 is 0 Å². The van der Waals surface area contributed by atoms with E-state index in [1.165, 1.54) is 0 Å². The molecule has 3 heterocycles. The van der Waals surface area contributed by atoms with Crippen molar-refractivity contribution in [2.45, 2.75) is 38.2 Å². The summed E-state index contributed by atoms with van der Waals surface area (Å²) < 4.78 is 0. The summed E-state index contributed by atoms with van der Waals surface area (Å²) in [6, 6.07) is 3.82. The van der Waals surface area contributed by atoms with Crippen molar-refractivity contribution in [2.24, 2.45) is 11.7 Å². The van der Waals surface area contributed by atoms with Crippen LogP contribution in [0.2, 0.25) is 0 Å². The molecule has 2 aliphatic heterocycles. The summed E-state index contributed by atoms with van der Waals surface area (Å²) in [6.07, 6.45) is 4.49. The lowest BCUT2D eigenvalue weighted by atomic mass is 9.86. The zero-order chi connectivity index (χ0) is 18.7. The molecule has 1 aromatic rings. The van der Waals surface area contributed by atoms with Gasteiger partial charge in [0.15, 0.2) is 0 Å². The van der Waals surface area contributed by atoms with E-state index in [2.05, 4.69) is 4.98 Å². The molecule has 3 rings (SSSR count). The molecule has 2 aliphatic rings. The number of rotatable bonds is 4. The summed E-state index contributed by atoms with van der Waals surface area (Å²) in [4.78, 5) is 32.2. The fourth-order valence-electron chi connectivity index (χ4n) is 3.98. The minimum atomic E-state index is -0.963. The van der Waals surface area contributed by atoms with E-state index >= 15 is 0 Å². The van der Waals surface area contributed by atoms with Crippen molar-refractivity contribution in [3.63, 3.8) is 0 Å². The lowest BCUT2D eigenvalue weighted by molar-refractivity contribution is -0.142. The van der Waals surface area contributed by atoms with E-state index in [1.54, 1.807) is 6.20 Å². The zero-order valence-electron chi connectivity index (χ0n) is 15.4. The van der Waals surface area contributed by atoms with Crippen LogP contribution in [0.15, 0.2) is 18.3 Å². The fourth-order valence-corrected chi connectivity index (χ4v) is 3.98. The first-order valence-corrected chi connectivity index (χ1v) is 9.32. The van der Waals surface area contributed by atoms with Gasteiger partial charge in [-0.3, -0.25) is 19.5 Å². The number of likely N-dealkylation sites (tertiary alicyclic amines) is 2. The van der Waals surface area contributed by atoms with Crippen molar-refractivity contribution in [3.05, 3.63) is 29.6 Å². The lowest BCUT2D eigenvalue weighted by Gasteiger charge is -2.40. The number of pyridine rings is 1. The third-order valence-corrected chi connectivity index (χ3v) is 5.52.